The van der Waals surface area contributed by atoms with E-state index in [0.29, 0.717) is 0 Å². The molecule has 1 fully saturated rings. The first-order valence-electron chi connectivity index (χ1n) is 7.76. The minimum absolute atomic E-state index is 0.249. The van der Waals surface area contributed by atoms with Crippen molar-refractivity contribution in [2.75, 3.05) is 19.3 Å². The molecule has 2 heterocycles. The van der Waals surface area contributed by atoms with Crippen molar-refractivity contribution in [3.8, 4) is 0 Å². The molecule has 6 nitrogen and oxygen atoms in total. The second-order valence-electron chi connectivity index (χ2n) is 5.53. The number of likely N-dealkylation sites (N-methyl/N-ethyl adjacent to an activating group) is 1. The number of aliphatic imine (C=N–C) groups is 1. The maximum Gasteiger partial charge on any atom is 0.325 e. The Morgan fingerprint density at radius 1 is 1.36 bits per heavy atom. The van der Waals surface area contributed by atoms with Crippen LogP contribution in [0.2, 0.25) is 0 Å². The second kappa shape index (κ2) is 7.67. The van der Waals surface area contributed by atoms with Gasteiger partial charge >= 0.3 is 6.03 Å². The van der Waals surface area contributed by atoms with Crippen molar-refractivity contribution in [1.29, 1.82) is 0 Å². The first kappa shape index (κ1) is 16.9. The molecule has 1 saturated heterocycles. The lowest BCUT2D eigenvalue weighted by Gasteiger charge is -2.36. The van der Waals surface area contributed by atoms with Crippen LogP contribution in [0.5, 0.6) is 0 Å². The van der Waals surface area contributed by atoms with Crippen LogP contribution in [0, 0.1) is 0 Å². The number of urea groups is 1. The maximum atomic E-state index is 12.2. The van der Waals surface area contributed by atoms with Crippen molar-refractivity contribution in [2.24, 2.45) is 4.99 Å². The van der Waals surface area contributed by atoms with Gasteiger partial charge in [-0.15, -0.1) is 6.58 Å². The van der Waals surface area contributed by atoms with Gasteiger partial charge in [0.25, 0.3) is 5.91 Å². The standard InChI is InChI=1S/C15H24N4O2S/c1-4-6-7-8-9-19-11-12(16-15(19)22-10-5-2)18(3)14(21)17-13(11)20/h5,11-12H,2,4,6-10H2,1,3H3,(H,17,20,21). The molecule has 2 rings (SSSR count). The molecule has 7 heteroatoms. The number of nitrogens with one attached hydrogen (secondary N) is 1. The fourth-order valence-electron chi connectivity index (χ4n) is 2.70. The van der Waals surface area contributed by atoms with E-state index in [1.54, 1.807) is 18.8 Å². The fourth-order valence-corrected chi connectivity index (χ4v) is 3.52. The van der Waals surface area contributed by atoms with Crippen molar-refractivity contribution in [2.45, 2.75) is 44.8 Å². The zero-order valence-corrected chi connectivity index (χ0v) is 14.1. The minimum Gasteiger partial charge on any atom is -0.336 e. The summed E-state index contributed by atoms with van der Waals surface area (Å²) in [6.07, 6.45) is 5.93. The molecule has 2 aliphatic heterocycles. The van der Waals surface area contributed by atoms with Gasteiger partial charge in [0.2, 0.25) is 0 Å². The number of hydrogen-bond donors (Lipinski definition) is 1. The number of unbranched alkanes of at least 4 members (excludes halogenated alkanes) is 3. The highest BCUT2D eigenvalue weighted by molar-refractivity contribution is 8.13. The molecule has 2 unspecified atom stereocenters. The van der Waals surface area contributed by atoms with Gasteiger partial charge < -0.3 is 9.80 Å². The zero-order chi connectivity index (χ0) is 16.1. The second-order valence-corrected chi connectivity index (χ2v) is 6.52. The first-order chi connectivity index (χ1) is 10.6. The molecule has 0 spiro atoms. The monoisotopic (exact) mass is 324 g/mol. The van der Waals surface area contributed by atoms with E-state index >= 15 is 0 Å². The number of amidine groups is 1. The van der Waals surface area contributed by atoms with Crippen molar-refractivity contribution < 1.29 is 9.59 Å². The summed E-state index contributed by atoms with van der Waals surface area (Å²) in [5, 5.41) is 3.25. The Kier molecular flexibility index (Phi) is 5.88. The normalized spacial score (nSPS) is 24.2. The number of imide groups is 1. The van der Waals surface area contributed by atoms with Gasteiger partial charge in [-0.25, -0.2) is 9.79 Å². The smallest absolute Gasteiger partial charge is 0.325 e. The van der Waals surface area contributed by atoms with E-state index in [1.165, 1.54) is 17.7 Å². The van der Waals surface area contributed by atoms with Gasteiger partial charge in [-0.3, -0.25) is 10.1 Å². The molecule has 0 radical (unpaired) electrons. The SMILES string of the molecule is C=CCSC1=NC2C(C(=O)NC(=O)N2C)N1CCCCCC. The molecule has 0 saturated carbocycles. The van der Waals surface area contributed by atoms with Crippen LogP contribution in [0.15, 0.2) is 17.6 Å². The van der Waals surface area contributed by atoms with E-state index in [-0.39, 0.29) is 11.9 Å². The summed E-state index contributed by atoms with van der Waals surface area (Å²) in [5.74, 6) is 0.491. The van der Waals surface area contributed by atoms with Crippen molar-refractivity contribution >= 4 is 28.9 Å². The van der Waals surface area contributed by atoms with E-state index < -0.39 is 12.2 Å². The van der Waals surface area contributed by atoms with Crippen LogP contribution in [0.4, 0.5) is 4.79 Å². The van der Waals surface area contributed by atoms with Gasteiger partial charge in [-0.1, -0.05) is 44.0 Å². The maximum absolute atomic E-state index is 12.2. The predicted molar refractivity (Wildman–Crippen MR) is 89.8 cm³/mol. The lowest BCUT2D eigenvalue weighted by Crippen LogP contribution is -2.63. The molecule has 0 aliphatic carbocycles. The number of thioether (sulfide) groups is 1. The molecular weight excluding hydrogens is 300 g/mol. The average molecular weight is 324 g/mol. The molecule has 0 aromatic carbocycles. The van der Waals surface area contributed by atoms with E-state index in [9.17, 15) is 9.59 Å². The Hall–Kier alpha value is -1.50. The number of rotatable bonds is 7. The molecule has 0 aromatic rings. The molecular formula is C15H24N4O2S. The van der Waals surface area contributed by atoms with Gasteiger partial charge in [-0.05, 0) is 6.42 Å². The zero-order valence-electron chi connectivity index (χ0n) is 13.2. The first-order valence-corrected chi connectivity index (χ1v) is 8.74. The molecule has 22 heavy (non-hydrogen) atoms. The van der Waals surface area contributed by atoms with E-state index in [2.05, 4.69) is 23.8 Å². The molecule has 3 amide bonds. The van der Waals surface area contributed by atoms with E-state index in [4.69, 9.17) is 0 Å². The average Bonchev–Trinajstić information content (AvgIpc) is 2.86. The largest absolute Gasteiger partial charge is 0.336 e. The molecule has 2 aliphatic rings. The third-order valence-corrected chi connectivity index (χ3v) is 4.91. The van der Waals surface area contributed by atoms with Crippen LogP contribution in [0.3, 0.4) is 0 Å². The lowest BCUT2D eigenvalue weighted by molar-refractivity contribution is -0.127. The highest BCUT2D eigenvalue weighted by Gasteiger charge is 2.48. The summed E-state index contributed by atoms with van der Waals surface area (Å²) in [6, 6.07) is -0.785. The minimum atomic E-state index is -0.417. The third kappa shape index (κ3) is 3.45. The molecule has 122 valence electrons. The number of hydrogen-bond acceptors (Lipinski definition) is 5. The Balaban J connectivity index is 2.12. The van der Waals surface area contributed by atoms with E-state index in [1.807, 2.05) is 11.0 Å². The summed E-state index contributed by atoms with van der Waals surface area (Å²) >= 11 is 1.57. The van der Waals surface area contributed by atoms with Crippen LogP contribution in [-0.2, 0) is 4.79 Å². The quantitative estimate of drug-likeness (QED) is 0.575. The van der Waals surface area contributed by atoms with Crippen LogP contribution in [0.1, 0.15) is 32.6 Å². The van der Waals surface area contributed by atoms with Gasteiger partial charge in [0.1, 0.15) is 0 Å². The number of amides is 3. The third-order valence-electron chi connectivity index (χ3n) is 3.91. The molecule has 2 atom stereocenters. The Labute approximate surface area is 136 Å². The topological polar surface area (TPSA) is 65.0 Å². The predicted octanol–water partition coefficient (Wildman–Crippen LogP) is 2.03. The summed E-state index contributed by atoms with van der Waals surface area (Å²) in [6.45, 7) is 6.69. The van der Waals surface area contributed by atoms with Gasteiger partial charge in [0.05, 0.1) is 0 Å². The summed E-state index contributed by atoms with van der Waals surface area (Å²) in [7, 11) is 1.68. The van der Waals surface area contributed by atoms with Crippen LogP contribution in [0.25, 0.3) is 0 Å². The number of carbonyl (C=O) groups excluding carboxylic acids is 2. The summed E-state index contributed by atoms with van der Waals surface area (Å²) in [5.41, 5.74) is 0. The van der Waals surface area contributed by atoms with Crippen LogP contribution >= 0.6 is 11.8 Å². The fraction of sp³-hybridized carbons (Fsp3) is 0.667. The number of nitrogens with zero attached hydrogens (tertiary/aromatic N) is 3. The van der Waals surface area contributed by atoms with Gasteiger partial charge in [-0.2, -0.15) is 0 Å². The number of fused-ring (bicyclic) bond motifs is 1. The molecule has 0 bridgehead atoms. The molecule has 1 N–H and O–H groups in total. The van der Waals surface area contributed by atoms with Crippen molar-refractivity contribution in [1.82, 2.24) is 15.1 Å². The van der Waals surface area contributed by atoms with Crippen LogP contribution < -0.4 is 5.32 Å². The van der Waals surface area contributed by atoms with Crippen molar-refractivity contribution in [3.63, 3.8) is 0 Å². The Morgan fingerprint density at radius 3 is 2.82 bits per heavy atom. The highest BCUT2D eigenvalue weighted by atomic mass is 32.2. The summed E-state index contributed by atoms with van der Waals surface area (Å²) in [4.78, 5) is 32.2. The Bertz CT molecular complexity index is 480. The van der Waals surface area contributed by atoms with Gasteiger partial charge in [0.15, 0.2) is 17.4 Å². The Morgan fingerprint density at radius 2 is 2.14 bits per heavy atom. The highest BCUT2D eigenvalue weighted by Crippen LogP contribution is 2.28. The van der Waals surface area contributed by atoms with Crippen LogP contribution in [-0.4, -0.2) is 58.5 Å². The van der Waals surface area contributed by atoms with Crippen molar-refractivity contribution in [3.05, 3.63) is 12.7 Å². The van der Waals surface area contributed by atoms with Gasteiger partial charge in [0, 0.05) is 19.3 Å². The lowest BCUT2D eigenvalue weighted by atomic mass is 10.1. The van der Waals surface area contributed by atoms with E-state index in [0.717, 1.165) is 30.3 Å². The molecule has 0 aromatic heterocycles. The number of carbonyl (C=O) groups is 2. The summed E-state index contributed by atoms with van der Waals surface area (Å²) < 4.78 is 0.